The maximum atomic E-state index is 6.05. The van der Waals surface area contributed by atoms with Crippen LogP contribution in [0.1, 0.15) is 17.2 Å². The third-order valence-corrected chi connectivity index (χ3v) is 3.44. The summed E-state index contributed by atoms with van der Waals surface area (Å²) in [7, 11) is 0. The van der Waals surface area contributed by atoms with Gasteiger partial charge in [-0.1, -0.05) is 11.6 Å². The van der Waals surface area contributed by atoms with E-state index >= 15 is 0 Å². The van der Waals surface area contributed by atoms with Gasteiger partial charge in [-0.2, -0.15) is 0 Å². The van der Waals surface area contributed by atoms with Gasteiger partial charge in [0.25, 0.3) is 0 Å². The van der Waals surface area contributed by atoms with Crippen molar-refractivity contribution in [2.45, 2.75) is 12.3 Å². The van der Waals surface area contributed by atoms with Gasteiger partial charge in [-0.05, 0) is 36.9 Å². The van der Waals surface area contributed by atoms with E-state index in [2.05, 4.69) is 4.98 Å². The van der Waals surface area contributed by atoms with Crippen molar-refractivity contribution in [1.82, 2.24) is 4.98 Å². The third-order valence-electron chi connectivity index (χ3n) is 3.20. The molecule has 18 heavy (non-hydrogen) atoms. The molecule has 1 aliphatic heterocycles. The van der Waals surface area contributed by atoms with E-state index < -0.39 is 0 Å². The minimum atomic E-state index is 0.190. The number of nitrogens with two attached hydrogens (primary N) is 1. The van der Waals surface area contributed by atoms with Crippen molar-refractivity contribution < 1.29 is 4.74 Å². The number of hydrogen-bond donors (Lipinski definition) is 1. The second-order valence-corrected chi connectivity index (χ2v) is 4.81. The highest BCUT2D eigenvalue weighted by Gasteiger charge is 2.23. The molecule has 0 radical (unpaired) electrons. The monoisotopic (exact) mass is 260 g/mol. The van der Waals surface area contributed by atoms with Crippen LogP contribution in [0.3, 0.4) is 0 Å². The van der Waals surface area contributed by atoms with E-state index in [1.165, 1.54) is 0 Å². The van der Waals surface area contributed by atoms with Gasteiger partial charge in [0.15, 0.2) is 0 Å². The molecule has 0 aliphatic carbocycles. The molecular weight excluding hydrogens is 248 g/mol. The number of pyridine rings is 1. The van der Waals surface area contributed by atoms with Crippen LogP contribution >= 0.6 is 11.6 Å². The number of aromatic nitrogens is 1. The molecule has 3 rings (SSSR count). The Kier molecular flexibility index (Phi) is 2.94. The van der Waals surface area contributed by atoms with E-state index in [1.807, 2.05) is 30.3 Å². The molecule has 2 heterocycles. The maximum absolute atomic E-state index is 6.05. The zero-order valence-corrected chi connectivity index (χ0v) is 10.5. The first kappa shape index (κ1) is 11.5. The zero-order chi connectivity index (χ0) is 12.5. The lowest BCUT2D eigenvalue weighted by molar-refractivity contribution is 0.475. The van der Waals surface area contributed by atoms with Crippen LogP contribution in [-0.4, -0.2) is 11.5 Å². The van der Waals surface area contributed by atoms with Crippen LogP contribution in [0.15, 0.2) is 36.5 Å². The van der Waals surface area contributed by atoms with Crippen LogP contribution in [0, 0.1) is 0 Å². The Balaban J connectivity index is 2.14. The van der Waals surface area contributed by atoms with E-state index in [1.54, 1.807) is 6.20 Å². The summed E-state index contributed by atoms with van der Waals surface area (Å²) in [6.45, 7) is 0.548. The Morgan fingerprint density at radius 3 is 3.06 bits per heavy atom. The molecule has 0 saturated heterocycles. The zero-order valence-electron chi connectivity index (χ0n) is 9.77. The van der Waals surface area contributed by atoms with Gasteiger partial charge < -0.3 is 10.5 Å². The predicted molar refractivity (Wildman–Crippen MR) is 71.3 cm³/mol. The molecule has 0 bridgehead atoms. The number of nitrogens with zero attached hydrogens (tertiary/aromatic N) is 1. The molecule has 3 nitrogen and oxygen atoms in total. The fraction of sp³-hybridized carbons (Fsp3) is 0.214. The summed E-state index contributed by atoms with van der Waals surface area (Å²) in [4.78, 5) is 4.37. The summed E-state index contributed by atoms with van der Waals surface area (Å²) in [6.07, 6.45) is 2.55. The van der Waals surface area contributed by atoms with Gasteiger partial charge in [0, 0.05) is 29.1 Å². The number of benzene rings is 1. The third kappa shape index (κ3) is 1.96. The predicted octanol–water partition coefficient (Wildman–Crippen LogP) is 3.13. The molecule has 0 spiro atoms. The standard InChI is InChI=1S/C14H13ClN2O/c15-10-3-4-13-11(7-10)9(8-16)6-12-14(18-13)2-1-5-17-12/h1-5,7,9H,6,8,16H2/t9-/m1/s1. The summed E-state index contributed by atoms with van der Waals surface area (Å²) < 4.78 is 5.91. The van der Waals surface area contributed by atoms with E-state index in [4.69, 9.17) is 22.1 Å². The first-order chi connectivity index (χ1) is 8.78. The Morgan fingerprint density at radius 1 is 1.33 bits per heavy atom. The van der Waals surface area contributed by atoms with Crippen molar-refractivity contribution in [1.29, 1.82) is 0 Å². The van der Waals surface area contributed by atoms with E-state index in [0.717, 1.165) is 29.2 Å². The molecule has 1 aromatic heterocycles. The average Bonchev–Trinajstić information content (AvgIpc) is 2.54. The quantitative estimate of drug-likeness (QED) is 0.857. The SMILES string of the molecule is NC[C@H]1Cc2ncccc2Oc2ccc(Cl)cc21. The Labute approximate surface area is 111 Å². The number of hydrogen-bond acceptors (Lipinski definition) is 3. The van der Waals surface area contributed by atoms with Crippen molar-refractivity contribution in [2.75, 3.05) is 6.54 Å². The van der Waals surface area contributed by atoms with E-state index in [0.29, 0.717) is 11.6 Å². The van der Waals surface area contributed by atoms with Gasteiger partial charge in [0.1, 0.15) is 11.5 Å². The highest BCUT2D eigenvalue weighted by molar-refractivity contribution is 6.30. The van der Waals surface area contributed by atoms with Crippen molar-refractivity contribution in [2.24, 2.45) is 5.73 Å². The molecule has 2 N–H and O–H groups in total. The molecule has 2 aromatic rings. The van der Waals surface area contributed by atoms with Gasteiger partial charge in [-0.3, -0.25) is 4.98 Å². The van der Waals surface area contributed by atoms with Crippen LogP contribution in [0.25, 0.3) is 0 Å². The largest absolute Gasteiger partial charge is 0.455 e. The minimum absolute atomic E-state index is 0.190. The summed E-state index contributed by atoms with van der Waals surface area (Å²) in [6, 6.07) is 9.45. The number of rotatable bonds is 1. The summed E-state index contributed by atoms with van der Waals surface area (Å²) in [5.74, 6) is 1.81. The Morgan fingerprint density at radius 2 is 2.22 bits per heavy atom. The minimum Gasteiger partial charge on any atom is -0.455 e. The van der Waals surface area contributed by atoms with Crippen molar-refractivity contribution in [3.63, 3.8) is 0 Å². The molecular formula is C14H13ClN2O. The topological polar surface area (TPSA) is 48.1 Å². The molecule has 0 fully saturated rings. The van der Waals surface area contributed by atoms with Crippen LogP contribution in [0.2, 0.25) is 5.02 Å². The van der Waals surface area contributed by atoms with Crippen LogP contribution in [0.5, 0.6) is 11.5 Å². The molecule has 1 aliphatic rings. The molecule has 0 amide bonds. The molecule has 92 valence electrons. The van der Waals surface area contributed by atoms with Crippen LogP contribution in [0.4, 0.5) is 0 Å². The van der Waals surface area contributed by atoms with Gasteiger partial charge in [-0.25, -0.2) is 0 Å². The van der Waals surface area contributed by atoms with Crippen molar-refractivity contribution in [3.05, 3.63) is 52.8 Å². The number of ether oxygens (including phenoxy) is 1. The fourth-order valence-electron chi connectivity index (χ4n) is 2.27. The van der Waals surface area contributed by atoms with Crippen LogP contribution < -0.4 is 10.5 Å². The summed E-state index contributed by atoms with van der Waals surface area (Å²) in [5, 5.41) is 0.703. The van der Waals surface area contributed by atoms with Gasteiger partial charge >= 0.3 is 0 Å². The summed E-state index contributed by atoms with van der Waals surface area (Å²) >= 11 is 6.05. The highest BCUT2D eigenvalue weighted by Crippen LogP contribution is 2.39. The van der Waals surface area contributed by atoms with Gasteiger partial charge in [-0.15, -0.1) is 0 Å². The maximum Gasteiger partial charge on any atom is 0.148 e. The second-order valence-electron chi connectivity index (χ2n) is 4.37. The lowest BCUT2D eigenvalue weighted by Crippen LogP contribution is -2.14. The average molecular weight is 261 g/mol. The molecule has 4 heteroatoms. The van der Waals surface area contributed by atoms with Gasteiger partial charge in [0.05, 0.1) is 5.69 Å². The summed E-state index contributed by atoms with van der Waals surface area (Å²) in [5.41, 5.74) is 7.87. The van der Waals surface area contributed by atoms with Crippen molar-refractivity contribution in [3.8, 4) is 11.5 Å². The number of halogens is 1. The van der Waals surface area contributed by atoms with Crippen LogP contribution in [-0.2, 0) is 6.42 Å². The van der Waals surface area contributed by atoms with Gasteiger partial charge in [0.2, 0.25) is 0 Å². The Hall–Kier alpha value is -1.58. The van der Waals surface area contributed by atoms with E-state index in [-0.39, 0.29) is 5.92 Å². The fourth-order valence-corrected chi connectivity index (χ4v) is 2.45. The smallest absolute Gasteiger partial charge is 0.148 e. The molecule has 1 aromatic carbocycles. The lowest BCUT2D eigenvalue weighted by Gasteiger charge is -2.14. The number of fused-ring (bicyclic) bond motifs is 2. The highest BCUT2D eigenvalue weighted by atomic mass is 35.5. The molecule has 0 saturated carbocycles. The first-order valence-corrected chi connectivity index (χ1v) is 6.27. The molecule has 1 atom stereocenters. The lowest BCUT2D eigenvalue weighted by atomic mass is 9.94. The Bertz CT molecular complexity index is 586. The first-order valence-electron chi connectivity index (χ1n) is 5.89. The van der Waals surface area contributed by atoms with Crippen molar-refractivity contribution >= 4 is 11.6 Å². The second kappa shape index (κ2) is 4.59. The molecule has 0 unspecified atom stereocenters. The van der Waals surface area contributed by atoms with E-state index in [9.17, 15) is 0 Å². The normalized spacial score (nSPS) is 17.3.